The Morgan fingerprint density at radius 1 is 1.06 bits per heavy atom. The van der Waals surface area contributed by atoms with E-state index < -0.39 is 0 Å². The first-order valence-electron chi connectivity index (χ1n) is 10.2. The minimum Gasteiger partial charge on any atom is -0.496 e. The second-order valence-electron chi connectivity index (χ2n) is 7.24. The number of methoxy groups -OCH3 is 1. The summed E-state index contributed by atoms with van der Waals surface area (Å²) in [5, 5.41) is 11.4. The topological polar surface area (TPSA) is 97.6 Å². The maximum atomic E-state index is 12.9. The standard InChI is InChI=1S/C24H19N5O3S/c1-32-20-10-6-5-7-16(20)14-25-21(30)15-11-12-18-19(13-15)27-24-29(22(18)31)28-23(33-24)26-17-8-3-2-4-9-17/h2-13H,14H2,1H3,(H,25,30)(H,26,28). The molecule has 0 saturated heterocycles. The van der Waals surface area contributed by atoms with Crippen LogP contribution >= 0.6 is 11.3 Å². The number of anilines is 2. The van der Waals surface area contributed by atoms with Gasteiger partial charge in [0, 0.05) is 23.4 Å². The van der Waals surface area contributed by atoms with Crippen molar-refractivity contribution in [3.63, 3.8) is 0 Å². The Kier molecular flexibility index (Phi) is 5.45. The number of nitrogens with one attached hydrogen (secondary N) is 2. The van der Waals surface area contributed by atoms with E-state index in [-0.39, 0.29) is 11.5 Å². The third-order valence-electron chi connectivity index (χ3n) is 5.12. The minimum absolute atomic E-state index is 0.263. The number of benzene rings is 3. The number of carbonyl (C=O) groups excluding carboxylic acids is 1. The summed E-state index contributed by atoms with van der Waals surface area (Å²) < 4.78 is 6.60. The highest BCUT2D eigenvalue weighted by molar-refractivity contribution is 7.20. The summed E-state index contributed by atoms with van der Waals surface area (Å²) >= 11 is 1.26. The Balaban J connectivity index is 1.42. The van der Waals surface area contributed by atoms with Crippen molar-refractivity contribution in [2.45, 2.75) is 6.54 Å². The Morgan fingerprint density at radius 3 is 2.67 bits per heavy atom. The molecule has 0 aliphatic carbocycles. The quantitative estimate of drug-likeness (QED) is 0.400. The molecule has 1 amide bonds. The number of aromatic nitrogens is 3. The summed E-state index contributed by atoms with van der Waals surface area (Å²) in [5.74, 6) is 0.444. The molecule has 0 atom stereocenters. The van der Waals surface area contributed by atoms with Gasteiger partial charge in [-0.15, -0.1) is 5.10 Å². The van der Waals surface area contributed by atoms with Crippen molar-refractivity contribution < 1.29 is 9.53 Å². The van der Waals surface area contributed by atoms with Gasteiger partial charge in [0.15, 0.2) is 0 Å². The number of amides is 1. The minimum atomic E-state index is -0.284. The molecule has 0 aliphatic rings. The molecule has 9 heteroatoms. The number of fused-ring (bicyclic) bond motifs is 2. The summed E-state index contributed by atoms with van der Waals surface area (Å²) in [7, 11) is 1.59. The fraction of sp³-hybridized carbons (Fsp3) is 0.0833. The molecule has 0 unspecified atom stereocenters. The van der Waals surface area contributed by atoms with Gasteiger partial charge < -0.3 is 15.4 Å². The van der Waals surface area contributed by atoms with E-state index >= 15 is 0 Å². The van der Waals surface area contributed by atoms with E-state index in [0.29, 0.717) is 38.9 Å². The van der Waals surface area contributed by atoms with Gasteiger partial charge >= 0.3 is 0 Å². The SMILES string of the molecule is COc1ccccc1CNC(=O)c1ccc2c(=O)n3nc(Nc4ccccc4)sc3nc2c1. The average Bonchev–Trinajstić information content (AvgIpc) is 3.25. The molecule has 0 bridgehead atoms. The largest absolute Gasteiger partial charge is 0.496 e. The van der Waals surface area contributed by atoms with Crippen LogP contribution in [0, 0.1) is 0 Å². The van der Waals surface area contributed by atoms with Gasteiger partial charge in [0.25, 0.3) is 11.5 Å². The number of hydrogen-bond donors (Lipinski definition) is 2. The molecule has 5 aromatic rings. The fourth-order valence-electron chi connectivity index (χ4n) is 3.47. The van der Waals surface area contributed by atoms with E-state index in [1.807, 2.05) is 54.6 Å². The van der Waals surface area contributed by atoms with Crippen molar-refractivity contribution in [2.75, 3.05) is 12.4 Å². The number of hydrogen-bond acceptors (Lipinski definition) is 7. The molecule has 164 valence electrons. The highest BCUT2D eigenvalue weighted by Gasteiger charge is 2.14. The van der Waals surface area contributed by atoms with Gasteiger partial charge in [-0.25, -0.2) is 4.98 Å². The Labute approximate surface area is 192 Å². The van der Waals surface area contributed by atoms with Gasteiger partial charge in [-0.2, -0.15) is 4.52 Å². The summed E-state index contributed by atoms with van der Waals surface area (Å²) in [6.45, 7) is 0.319. The molecule has 0 radical (unpaired) electrons. The third-order valence-corrected chi connectivity index (χ3v) is 5.94. The first-order valence-corrected chi connectivity index (χ1v) is 11.0. The van der Waals surface area contributed by atoms with Gasteiger partial charge in [0.1, 0.15) is 5.75 Å². The fourth-order valence-corrected chi connectivity index (χ4v) is 4.29. The van der Waals surface area contributed by atoms with Crippen molar-refractivity contribution in [3.05, 3.63) is 94.3 Å². The molecule has 2 heterocycles. The van der Waals surface area contributed by atoms with E-state index in [9.17, 15) is 9.59 Å². The first kappa shape index (κ1) is 20.7. The zero-order valence-electron chi connectivity index (χ0n) is 17.6. The molecule has 0 saturated carbocycles. The lowest BCUT2D eigenvalue weighted by atomic mass is 10.1. The molecule has 8 nitrogen and oxygen atoms in total. The zero-order chi connectivity index (χ0) is 22.8. The van der Waals surface area contributed by atoms with Crippen LogP contribution < -0.4 is 20.9 Å². The Hall–Kier alpha value is -4.24. The molecule has 5 rings (SSSR count). The normalized spacial score (nSPS) is 10.9. The molecule has 0 fully saturated rings. The lowest BCUT2D eigenvalue weighted by Gasteiger charge is -2.09. The molecule has 0 aliphatic heterocycles. The van der Waals surface area contributed by atoms with Crippen LogP contribution in [0.5, 0.6) is 5.75 Å². The summed E-state index contributed by atoms with van der Waals surface area (Å²) in [6.07, 6.45) is 0. The van der Waals surface area contributed by atoms with E-state index in [1.54, 1.807) is 25.3 Å². The van der Waals surface area contributed by atoms with Crippen molar-refractivity contribution in [3.8, 4) is 5.75 Å². The van der Waals surface area contributed by atoms with E-state index in [2.05, 4.69) is 20.7 Å². The maximum absolute atomic E-state index is 12.9. The van der Waals surface area contributed by atoms with Crippen molar-refractivity contribution in [1.29, 1.82) is 0 Å². The number of nitrogens with zero attached hydrogens (tertiary/aromatic N) is 3. The number of rotatable bonds is 6. The summed E-state index contributed by atoms with van der Waals surface area (Å²) in [5.41, 5.74) is 2.31. The summed E-state index contributed by atoms with van der Waals surface area (Å²) in [6, 6.07) is 21.9. The lowest BCUT2D eigenvalue weighted by molar-refractivity contribution is 0.0951. The van der Waals surface area contributed by atoms with Gasteiger partial charge in [-0.1, -0.05) is 47.7 Å². The number of carbonyl (C=O) groups is 1. The van der Waals surface area contributed by atoms with Crippen LogP contribution in [0.1, 0.15) is 15.9 Å². The maximum Gasteiger partial charge on any atom is 0.283 e. The molecule has 33 heavy (non-hydrogen) atoms. The Bertz CT molecular complexity index is 1530. The predicted octanol–water partition coefficient (Wildman–Crippen LogP) is 3.99. The molecule has 0 spiro atoms. The lowest BCUT2D eigenvalue weighted by Crippen LogP contribution is -2.23. The number of para-hydroxylation sites is 2. The van der Waals surface area contributed by atoms with Crippen molar-refractivity contribution in [1.82, 2.24) is 19.9 Å². The van der Waals surface area contributed by atoms with Gasteiger partial charge in [-0.05, 0) is 36.4 Å². The molecule has 3 aromatic carbocycles. The highest BCUT2D eigenvalue weighted by atomic mass is 32.1. The monoisotopic (exact) mass is 457 g/mol. The van der Waals surface area contributed by atoms with Crippen LogP contribution in [0.15, 0.2) is 77.6 Å². The Morgan fingerprint density at radius 2 is 1.85 bits per heavy atom. The molecule has 2 aromatic heterocycles. The van der Waals surface area contributed by atoms with Crippen molar-refractivity contribution >= 4 is 43.9 Å². The van der Waals surface area contributed by atoms with E-state index in [0.717, 1.165) is 11.3 Å². The second-order valence-corrected chi connectivity index (χ2v) is 8.19. The van der Waals surface area contributed by atoms with Crippen LogP contribution in [0.25, 0.3) is 15.9 Å². The first-order chi connectivity index (χ1) is 16.1. The molecule has 2 N–H and O–H groups in total. The van der Waals surface area contributed by atoms with Gasteiger partial charge in [0.05, 0.1) is 18.0 Å². The van der Waals surface area contributed by atoms with Crippen molar-refractivity contribution in [2.24, 2.45) is 0 Å². The van der Waals surface area contributed by atoms with Crippen LogP contribution in [0.4, 0.5) is 10.8 Å². The predicted molar refractivity (Wildman–Crippen MR) is 129 cm³/mol. The van der Waals surface area contributed by atoms with E-state index in [1.165, 1.54) is 15.9 Å². The third kappa shape index (κ3) is 4.13. The second kappa shape index (κ2) is 8.71. The number of ether oxygens (including phenoxy) is 1. The molecular weight excluding hydrogens is 438 g/mol. The van der Waals surface area contributed by atoms with Gasteiger partial charge in [-0.3, -0.25) is 9.59 Å². The van der Waals surface area contributed by atoms with Crippen LogP contribution in [-0.2, 0) is 6.54 Å². The van der Waals surface area contributed by atoms with E-state index in [4.69, 9.17) is 4.74 Å². The van der Waals surface area contributed by atoms with Crippen LogP contribution in [0.2, 0.25) is 0 Å². The van der Waals surface area contributed by atoms with Crippen LogP contribution in [0.3, 0.4) is 0 Å². The summed E-state index contributed by atoms with van der Waals surface area (Å²) in [4.78, 5) is 30.7. The molecular formula is C24H19N5O3S. The zero-order valence-corrected chi connectivity index (χ0v) is 18.4. The smallest absolute Gasteiger partial charge is 0.283 e. The average molecular weight is 458 g/mol. The van der Waals surface area contributed by atoms with Gasteiger partial charge in [0.2, 0.25) is 10.1 Å². The van der Waals surface area contributed by atoms with Crippen LogP contribution in [-0.4, -0.2) is 27.6 Å². The highest BCUT2D eigenvalue weighted by Crippen LogP contribution is 2.23.